The first-order valence-electron chi connectivity index (χ1n) is 6.51. The van der Waals surface area contributed by atoms with Crippen LogP contribution in [0.25, 0.3) is 0 Å². The molecule has 0 saturated heterocycles. The predicted octanol–water partition coefficient (Wildman–Crippen LogP) is 0.165. The van der Waals surface area contributed by atoms with Gasteiger partial charge in [-0.05, 0) is 19.9 Å². The van der Waals surface area contributed by atoms with E-state index in [1.165, 1.54) is 12.8 Å². The molecule has 0 heterocycles. The summed E-state index contributed by atoms with van der Waals surface area (Å²) in [5.41, 5.74) is 10.7. The number of carbonyl (C=O) groups is 2. The van der Waals surface area contributed by atoms with Gasteiger partial charge in [-0.1, -0.05) is 25.7 Å². The number of rotatable bonds is 4. The minimum Gasteiger partial charge on any atom is -0.351 e. The molecule has 6 heteroatoms. The Hall–Kier alpha value is -1.14. The van der Waals surface area contributed by atoms with Gasteiger partial charge in [0.1, 0.15) is 0 Å². The highest BCUT2D eigenvalue weighted by atomic mass is 16.2. The number of nitrogens with two attached hydrogens (primary N) is 2. The summed E-state index contributed by atoms with van der Waals surface area (Å²) in [7, 11) is 1.89. The van der Waals surface area contributed by atoms with Gasteiger partial charge in [-0.15, -0.1) is 0 Å². The van der Waals surface area contributed by atoms with Gasteiger partial charge in [-0.3, -0.25) is 15.0 Å². The first-order chi connectivity index (χ1) is 8.50. The van der Waals surface area contributed by atoms with Crippen molar-refractivity contribution in [1.29, 1.82) is 0 Å². The van der Waals surface area contributed by atoms with Gasteiger partial charge >= 0.3 is 6.03 Å². The second kappa shape index (κ2) is 6.70. The summed E-state index contributed by atoms with van der Waals surface area (Å²) in [6, 6.07) is -0.809. The van der Waals surface area contributed by atoms with Crippen LogP contribution in [0.1, 0.15) is 38.5 Å². The fourth-order valence-electron chi connectivity index (χ4n) is 2.69. The summed E-state index contributed by atoms with van der Waals surface area (Å²) >= 11 is 0. The molecule has 3 amide bonds. The van der Waals surface area contributed by atoms with Crippen LogP contribution in [-0.4, -0.2) is 42.5 Å². The highest BCUT2D eigenvalue weighted by Gasteiger charge is 2.34. The number of nitrogens with zero attached hydrogens (tertiary/aromatic N) is 1. The van der Waals surface area contributed by atoms with Gasteiger partial charge in [0.15, 0.2) is 0 Å². The van der Waals surface area contributed by atoms with Crippen LogP contribution in [0.2, 0.25) is 0 Å². The van der Waals surface area contributed by atoms with E-state index in [-0.39, 0.29) is 18.0 Å². The number of amides is 3. The van der Waals surface area contributed by atoms with Gasteiger partial charge in [0.05, 0.1) is 6.54 Å². The maximum atomic E-state index is 11.6. The van der Waals surface area contributed by atoms with Crippen molar-refractivity contribution >= 4 is 11.9 Å². The molecule has 0 aromatic rings. The van der Waals surface area contributed by atoms with Gasteiger partial charge in [0.25, 0.3) is 0 Å². The second-order valence-electron chi connectivity index (χ2n) is 5.11. The van der Waals surface area contributed by atoms with E-state index in [4.69, 9.17) is 11.5 Å². The van der Waals surface area contributed by atoms with Crippen molar-refractivity contribution in [2.24, 2.45) is 11.5 Å². The van der Waals surface area contributed by atoms with E-state index >= 15 is 0 Å². The van der Waals surface area contributed by atoms with Crippen molar-refractivity contribution in [2.45, 2.75) is 44.1 Å². The van der Waals surface area contributed by atoms with Crippen LogP contribution in [-0.2, 0) is 4.79 Å². The number of carbonyl (C=O) groups excluding carboxylic acids is 2. The molecule has 1 aliphatic rings. The third-order valence-electron chi connectivity index (χ3n) is 3.87. The van der Waals surface area contributed by atoms with E-state index in [1.807, 2.05) is 11.9 Å². The third kappa shape index (κ3) is 3.96. The number of hydrogen-bond acceptors (Lipinski definition) is 4. The number of imide groups is 1. The quantitative estimate of drug-likeness (QED) is 0.624. The largest absolute Gasteiger partial charge is 0.351 e. The Balaban J connectivity index is 2.62. The van der Waals surface area contributed by atoms with E-state index in [2.05, 4.69) is 5.32 Å². The molecule has 18 heavy (non-hydrogen) atoms. The van der Waals surface area contributed by atoms with Gasteiger partial charge in [-0.25, -0.2) is 4.79 Å². The van der Waals surface area contributed by atoms with E-state index < -0.39 is 6.03 Å². The molecule has 0 atom stereocenters. The molecule has 0 bridgehead atoms. The van der Waals surface area contributed by atoms with E-state index in [9.17, 15) is 9.59 Å². The average Bonchev–Trinajstić information content (AvgIpc) is 2.53. The Morgan fingerprint density at radius 3 is 2.22 bits per heavy atom. The number of primary amides is 1. The Labute approximate surface area is 108 Å². The lowest BCUT2D eigenvalue weighted by Gasteiger charge is -2.40. The second-order valence-corrected chi connectivity index (χ2v) is 5.11. The van der Waals surface area contributed by atoms with Gasteiger partial charge in [0, 0.05) is 12.1 Å². The van der Waals surface area contributed by atoms with Crippen LogP contribution in [0.4, 0.5) is 4.79 Å². The molecule has 5 N–H and O–H groups in total. The monoisotopic (exact) mass is 256 g/mol. The van der Waals surface area contributed by atoms with Gasteiger partial charge in [-0.2, -0.15) is 0 Å². The van der Waals surface area contributed by atoms with Gasteiger partial charge in [0.2, 0.25) is 5.91 Å². The summed E-state index contributed by atoms with van der Waals surface area (Å²) in [6.07, 6.45) is 6.73. The van der Waals surface area contributed by atoms with Crippen molar-refractivity contribution in [1.82, 2.24) is 10.2 Å². The van der Waals surface area contributed by atoms with Crippen LogP contribution in [0.5, 0.6) is 0 Å². The topological polar surface area (TPSA) is 101 Å². The summed E-state index contributed by atoms with van der Waals surface area (Å²) in [5, 5.41) is 2.09. The molecule has 0 unspecified atom stereocenters. The molecule has 1 rings (SSSR count). The van der Waals surface area contributed by atoms with Crippen LogP contribution in [0.3, 0.4) is 0 Å². The maximum absolute atomic E-state index is 11.6. The zero-order chi connectivity index (χ0) is 13.6. The molecule has 104 valence electrons. The van der Waals surface area contributed by atoms with Crippen molar-refractivity contribution in [3.05, 3.63) is 0 Å². The number of urea groups is 1. The van der Waals surface area contributed by atoms with Crippen molar-refractivity contribution in [3.8, 4) is 0 Å². The first kappa shape index (κ1) is 14.9. The van der Waals surface area contributed by atoms with Crippen LogP contribution in [0, 0.1) is 0 Å². The number of likely N-dealkylation sites (N-methyl/N-ethyl adjacent to an activating group) is 1. The zero-order valence-corrected chi connectivity index (χ0v) is 11.1. The highest BCUT2D eigenvalue weighted by Crippen LogP contribution is 2.30. The number of nitrogens with one attached hydrogen (secondary N) is 1. The predicted molar refractivity (Wildman–Crippen MR) is 69.8 cm³/mol. The molecular weight excluding hydrogens is 232 g/mol. The summed E-state index contributed by atoms with van der Waals surface area (Å²) in [5.74, 6) is -0.373. The molecule has 6 nitrogen and oxygen atoms in total. The molecular formula is C12H24N4O2. The SMILES string of the molecule is CN(CC(=O)NC(N)=O)C1(CN)CCCCCC1. The molecule has 0 spiro atoms. The van der Waals surface area contributed by atoms with Gasteiger partial charge < -0.3 is 11.5 Å². The lowest BCUT2D eigenvalue weighted by atomic mass is 9.88. The normalized spacial score (nSPS) is 19.3. The van der Waals surface area contributed by atoms with E-state index in [0.29, 0.717) is 6.54 Å². The fourth-order valence-corrected chi connectivity index (χ4v) is 2.69. The fraction of sp³-hybridized carbons (Fsp3) is 0.833. The minimum absolute atomic E-state index is 0.120. The van der Waals surface area contributed by atoms with Crippen LogP contribution < -0.4 is 16.8 Å². The third-order valence-corrected chi connectivity index (χ3v) is 3.87. The maximum Gasteiger partial charge on any atom is 0.318 e. The Morgan fingerprint density at radius 2 is 1.78 bits per heavy atom. The lowest BCUT2D eigenvalue weighted by Crippen LogP contribution is -2.55. The van der Waals surface area contributed by atoms with Crippen molar-refractivity contribution < 1.29 is 9.59 Å². The summed E-state index contributed by atoms with van der Waals surface area (Å²) < 4.78 is 0. The standard InChI is InChI=1S/C12H24N4O2/c1-16(8-10(17)15-11(14)18)12(9-13)6-4-2-3-5-7-12/h2-9,13H2,1H3,(H3,14,15,17,18). The van der Waals surface area contributed by atoms with E-state index in [1.54, 1.807) is 0 Å². The first-order valence-corrected chi connectivity index (χ1v) is 6.51. The Morgan fingerprint density at radius 1 is 1.22 bits per heavy atom. The molecule has 0 aliphatic heterocycles. The van der Waals surface area contributed by atoms with Crippen LogP contribution in [0.15, 0.2) is 0 Å². The molecule has 0 radical (unpaired) electrons. The molecule has 1 saturated carbocycles. The molecule has 1 aliphatic carbocycles. The average molecular weight is 256 g/mol. The Bertz CT molecular complexity index is 298. The summed E-state index contributed by atoms with van der Waals surface area (Å²) in [6.45, 7) is 0.688. The zero-order valence-electron chi connectivity index (χ0n) is 11.1. The molecule has 1 fully saturated rings. The summed E-state index contributed by atoms with van der Waals surface area (Å²) in [4.78, 5) is 24.1. The smallest absolute Gasteiger partial charge is 0.318 e. The van der Waals surface area contributed by atoms with E-state index in [0.717, 1.165) is 25.7 Å². The van der Waals surface area contributed by atoms with Crippen molar-refractivity contribution in [3.63, 3.8) is 0 Å². The molecule has 0 aromatic carbocycles. The lowest BCUT2D eigenvalue weighted by molar-refractivity contribution is -0.122. The number of hydrogen-bond donors (Lipinski definition) is 3. The van der Waals surface area contributed by atoms with Crippen LogP contribution >= 0.6 is 0 Å². The van der Waals surface area contributed by atoms with Crippen molar-refractivity contribution in [2.75, 3.05) is 20.1 Å². The molecule has 0 aromatic heterocycles. The Kier molecular flexibility index (Phi) is 5.55. The minimum atomic E-state index is -0.809. The highest BCUT2D eigenvalue weighted by molar-refractivity contribution is 5.94.